The Balaban J connectivity index is 2.18. The fraction of sp³-hybridized carbons (Fsp3) is 0.364. The van der Waals surface area contributed by atoms with E-state index in [2.05, 4.69) is 0 Å². The van der Waals surface area contributed by atoms with Crippen LogP contribution in [0.15, 0.2) is 24.3 Å². The molecule has 86 valence electrons. The standard InChI is InChI=1S/C11H9F3O2/c12-11(13,14)9-5-8(9)6-2-1-3-7(4-6)10(15)16/h1-4,8-9H,5H2,(H,15,16)/t8-,9+/m1/s1. The van der Waals surface area contributed by atoms with Gasteiger partial charge < -0.3 is 5.11 Å². The number of carboxylic acids is 1. The molecular formula is C11H9F3O2. The fourth-order valence-corrected chi connectivity index (χ4v) is 1.83. The van der Waals surface area contributed by atoms with Gasteiger partial charge in [-0.1, -0.05) is 12.1 Å². The van der Waals surface area contributed by atoms with Gasteiger partial charge in [0.25, 0.3) is 0 Å². The van der Waals surface area contributed by atoms with Gasteiger partial charge in [-0.25, -0.2) is 4.79 Å². The predicted molar refractivity (Wildman–Crippen MR) is 50.3 cm³/mol. The normalized spacial score (nSPS) is 24.2. The van der Waals surface area contributed by atoms with Crippen LogP contribution in [-0.4, -0.2) is 17.3 Å². The van der Waals surface area contributed by atoms with Crippen LogP contribution in [0.1, 0.15) is 28.3 Å². The van der Waals surface area contributed by atoms with E-state index in [1.807, 2.05) is 0 Å². The number of hydrogen-bond donors (Lipinski definition) is 1. The molecule has 1 aromatic carbocycles. The molecule has 0 unspecified atom stereocenters. The Kier molecular flexibility index (Phi) is 2.40. The molecule has 2 nitrogen and oxygen atoms in total. The molecule has 0 spiro atoms. The van der Waals surface area contributed by atoms with Crippen molar-refractivity contribution in [1.29, 1.82) is 0 Å². The Hall–Kier alpha value is -1.52. The van der Waals surface area contributed by atoms with Crippen molar-refractivity contribution < 1.29 is 23.1 Å². The first-order valence-electron chi connectivity index (χ1n) is 4.79. The molecule has 0 saturated heterocycles. The molecule has 1 N–H and O–H groups in total. The van der Waals surface area contributed by atoms with E-state index in [1.54, 1.807) is 6.07 Å². The summed E-state index contributed by atoms with van der Waals surface area (Å²) in [4.78, 5) is 10.7. The second-order valence-electron chi connectivity index (χ2n) is 3.92. The molecule has 2 rings (SSSR count). The molecule has 0 heterocycles. The number of rotatable bonds is 2. The number of carboxylic acid groups (broad SMARTS) is 1. The second-order valence-corrected chi connectivity index (χ2v) is 3.92. The molecule has 1 saturated carbocycles. The number of alkyl halides is 3. The number of aromatic carboxylic acids is 1. The first kappa shape index (κ1) is 11.0. The van der Waals surface area contributed by atoms with E-state index in [1.165, 1.54) is 18.2 Å². The summed E-state index contributed by atoms with van der Waals surface area (Å²) in [6.07, 6.45) is -4.11. The summed E-state index contributed by atoms with van der Waals surface area (Å²) in [7, 11) is 0. The van der Waals surface area contributed by atoms with Gasteiger partial charge in [0.15, 0.2) is 0 Å². The minimum atomic E-state index is -4.18. The molecule has 0 aliphatic heterocycles. The Morgan fingerprint density at radius 2 is 2.06 bits per heavy atom. The summed E-state index contributed by atoms with van der Waals surface area (Å²) in [5.41, 5.74) is 0.493. The molecule has 1 aliphatic carbocycles. The molecule has 1 fully saturated rings. The van der Waals surface area contributed by atoms with Gasteiger partial charge in [-0.3, -0.25) is 0 Å². The minimum absolute atomic E-state index is 0.0327. The number of halogens is 3. The number of hydrogen-bond acceptors (Lipinski definition) is 1. The lowest BCUT2D eigenvalue weighted by Crippen LogP contribution is -2.11. The maximum atomic E-state index is 12.3. The fourth-order valence-electron chi connectivity index (χ4n) is 1.83. The summed E-state index contributed by atoms with van der Waals surface area (Å²) in [5.74, 6) is -3.00. The van der Waals surface area contributed by atoms with E-state index in [0.717, 1.165) is 0 Å². The van der Waals surface area contributed by atoms with Crippen LogP contribution in [-0.2, 0) is 0 Å². The van der Waals surface area contributed by atoms with Crippen LogP contribution < -0.4 is 0 Å². The van der Waals surface area contributed by atoms with E-state index >= 15 is 0 Å². The smallest absolute Gasteiger partial charge is 0.392 e. The van der Waals surface area contributed by atoms with Gasteiger partial charge in [0.1, 0.15) is 0 Å². The van der Waals surface area contributed by atoms with E-state index in [4.69, 9.17) is 5.11 Å². The Morgan fingerprint density at radius 1 is 1.38 bits per heavy atom. The Labute approximate surface area is 89.7 Å². The van der Waals surface area contributed by atoms with Crippen LogP contribution in [0.4, 0.5) is 13.2 Å². The Morgan fingerprint density at radius 3 is 2.56 bits per heavy atom. The lowest BCUT2D eigenvalue weighted by molar-refractivity contribution is -0.148. The zero-order valence-corrected chi connectivity index (χ0v) is 8.16. The van der Waals surface area contributed by atoms with E-state index in [0.29, 0.717) is 5.56 Å². The predicted octanol–water partition coefficient (Wildman–Crippen LogP) is 3.05. The lowest BCUT2D eigenvalue weighted by atomic mass is 10.1. The summed E-state index contributed by atoms with van der Waals surface area (Å²) >= 11 is 0. The summed E-state index contributed by atoms with van der Waals surface area (Å²) in [5, 5.41) is 8.71. The van der Waals surface area contributed by atoms with Crippen LogP contribution in [0.5, 0.6) is 0 Å². The molecule has 0 bridgehead atoms. The average molecular weight is 230 g/mol. The summed E-state index contributed by atoms with van der Waals surface area (Å²) in [6, 6.07) is 5.71. The van der Waals surface area contributed by atoms with Gasteiger partial charge in [-0.15, -0.1) is 0 Å². The molecule has 0 amide bonds. The third-order valence-corrected chi connectivity index (χ3v) is 2.77. The van der Waals surface area contributed by atoms with E-state index in [9.17, 15) is 18.0 Å². The maximum Gasteiger partial charge on any atom is 0.392 e. The average Bonchev–Trinajstić information content (AvgIpc) is 2.96. The van der Waals surface area contributed by atoms with Crippen LogP contribution in [0.2, 0.25) is 0 Å². The van der Waals surface area contributed by atoms with Crippen LogP contribution in [0, 0.1) is 5.92 Å². The first-order valence-corrected chi connectivity index (χ1v) is 4.79. The highest BCUT2D eigenvalue weighted by atomic mass is 19.4. The molecule has 16 heavy (non-hydrogen) atoms. The van der Waals surface area contributed by atoms with E-state index < -0.39 is 24.0 Å². The molecular weight excluding hydrogens is 221 g/mol. The summed E-state index contributed by atoms with van der Waals surface area (Å²) in [6.45, 7) is 0. The van der Waals surface area contributed by atoms with Crippen molar-refractivity contribution in [1.82, 2.24) is 0 Å². The van der Waals surface area contributed by atoms with Gasteiger partial charge >= 0.3 is 12.1 Å². The van der Waals surface area contributed by atoms with Crippen LogP contribution >= 0.6 is 0 Å². The molecule has 1 aromatic rings. The topological polar surface area (TPSA) is 37.3 Å². The van der Waals surface area contributed by atoms with Gasteiger partial charge in [-0.2, -0.15) is 13.2 Å². The highest BCUT2D eigenvalue weighted by Gasteiger charge is 2.56. The second kappa shape index (κ2) is 3.50. The monoisotopic (exact) mass is 230 g/mol. The van der Waals surface area contributed by atoms with Crippen molar-refractivity contribution in [2.75, 3.05) is 0 Å². The molecule has 1 aliphatic rings. The minimum Gasteiger partial charge on any atom is -0.478 e. The van der Waals surface area contributed by atoms with Crippen LogP contribution in [0.25, 0.3) is 0 Å². The third-order valence-electron chi connectivity index (χ3n) is 2.77. The van der Waals surface area contributed by atoms with Crippen molar-refractivity contribution in [2.45, 2.75) is 18.5 Å². The van der Waals surface area contributed by atoms with Gasteiger partial charge in [0, 0.05) is 0 Å². The van der Waals surface area contributed by atoms with Crippen molar-refractivity contribution in [3.8, 4) is 0 Å². The van der Waals surface area contributed by atoms with Crippen molar-refractivity contribution >= 4 is 5.97 Å². The molecule has 2 atom stereocenters. The van der Waals surface area contributed by atoms with Gasteiger partial charge in [0.2, 0.25) is 0 Å². The molecule has 5 heteroatoms. The van der Waals surface area contributed by atoms with Crippen molar-refractivity contribution in [2.24, 2.45) is 5.92 Å². The third kappa shape index (κ3) is 2.03. The van der Waals surface area contributed by atoms with Crippen LogP contribution in [0.3, 0.4) is 0 Å². The van der Waals surface area contributed by atoms with Gasteiger partial charge in [-0.05, 0) is 30.0 Å². The number of carbonyl (C=O) groups is 1. The highest BCUT2D eigenvalue weighted by molar-refractivity contribution is 5.87. The quantitative estimate of drug-likeness (QED) is 0.847. The molecule has 0 radical (unpaired) electrons. The van der Waals surface area contributed by atoms with Gasteiger partial charge in [0.05, 0.1) is 11.5 Å². The zero-order valence-electron chi connectivity index (χ0n) is 8.16. The first-order chi connectivity index (χ1) is 7.39. The SMILES string of the molecule is O=C(O)c1cccc([C@H]2C[C@@H]2C(F)(F)F)c1. The van der Waals surface area contributed by atoms with Crippen molar-refractivity contribution in [3.63, 3.8) is 0 Å². The summed E-state index contributed by atoms with van der Waals surface area (Å²) < 4.78 is 37.0. The zero-order chi connectivity index (χ0) is 11.9. The van der Waals surface area contributed by atoms with E-state index in [-0.39, 0.29) is 12.0 Å². The van der Waals surface area contributed by atoms with Crippen molar-refractivity contribution in [3.05, 3.63) is 35.4 Å². The maximum absolute atomic E-state index is 12.3. The Bertz CT molecular complexity index is 425. The molecule has 0 aromatic heterocycles. The highest BCUT2D eigenvalue weighted by Crippen LogP contribution is 2.56. The largest absolute Gasteiger partial charge is 0.478 e. The number of benzene rings is 1. The lowest BCUT2D eigenvalue weighted by Gasteiger charge is -2.05.